The quantitative estimate of drug-likeness (QED) is 0.317. The fourth-order valence-corrected chi connectivity index (χ4v) is 0.493. The molecule has 0 amide bonds. The van der Waals surface area contributed by atoms with Crippen LogP contribution in [-0.2, 0) is 4.79 Å². The first-order chi connectivity index (χ1) is 4.16. The molecular weight excluding hydrogens is 122 g/mol. The Balaban J connectivity index is 3.37. The van der Waals surface area contributed by atoms with Gasteiger partial charge in [0.2, 0.25) is 6.54 Å². The lowest BCUT2D eigenvalue weighted by Gasteiger charge is -1.97. The van der Waals surface area contributed by atoms with Crippen LogP contribution in [0.4, 0.5) is 0 Å². The summed E-state index contributed by atoms with van der Waals surface area (Å²) in [6.07, 6.45) is 0.981. The molecule has 0 saturated carbocycles. The Kier molecular flexibility index (Phi) is 3.59. The molecule has 0 saturated heterocycles. The Morgan fingerprint density at radius 1 is 1.78 bits per heavy atom. The number of hydrogen-bond donors (Lipinski definition) is 0. The number of hydrogen-bond acceptors (Lipinski definition) is 3. The largest absolute Gasteiger partial charge is 0.303 e. The minimum absolute atomic E-state index is 0.112. The molecule has 0 fully saturated rings. The second-order valence-electron chi connectivity index (χ2n) is 2.02. The van der Waals surface area contributed by atoms with Gasteiger partial charge in [-0.3, -0.25) is 10.1 Å². The lowest BCUT2D eigenvalue weighted by molar-refractivity contribution is -0.487. The van der Waals surface area contributed by atoms with Crippen molar-refractivity contribution in [2.45, 2.75) is 13.3 Å². The zero-order chi connectivity index (χ0) is 7.28. The molecule has 4 heteroatoms. The van der Waals surface area contributed by atoms with Crippen LogP contribution in [0.3, 0.4) is 0 Å². The molecule has 1 atom stereocenters. The van der Waals surface area contributed by atoms with Crippen LogP contribution in [0, 0.1) is 16.0 Å². The highest BCUT2D eigenvalue weighted by atomic mass is 16.6. The van der Waals surface area contributed by atoms with E-state index in [1.165, 1.54) is 0 Å². The van der Waals surface area contributed by atoms with Gasteiger partial charge in [0.25, 0.3) is 0 Å². The van der Waals surface area contributed by atoms with E-state index in [9.17, 15) is 14.9 Å². The predicted molar refractivity (Wildman–Crippen MR) is 31.7 cm³/mol. The van der Waals surface area contributed by atoms with E-state index in [1.54, 1.807) is 6.92 Å². The van der Waals surface area contributed by atoms with Gasteiger partial charge in [-0.05, 0) is 0 Å². The number of nitrogens with zero attached hydrogens (tertiary/aromatic N) is 1. The van der Waals surface area contributed by atoms with Crippen LogP contribution in [0.25, 0.3) is 0 Å². The Morgan fingerprint density at radius 2 is 2.33 bits per heavy atom. The van der Waals surface area contributed by atoms with Gasteiger partial charge in [0.05, 0.1) is 0 Å². The molecule has 0 heterocycles. The minimum atomic E-state index is -0.409. The van der Waals surface area contributed by atoms with Crippen LogP contribution in [0.5, 0.6) is 0 Å². The van der Waals surface area contributed by atoms with Crippen LogP contribution >= 0.6 is 0 Å². The van der Waals surface area contributed by atoms with Gasteiger partial charge in [-0.2, -0.15) is 0 Å². The highest BCUT2D eigenvalue weighted by Gasteiger charge is 2.06. The van der Waals surface area contributed by atoms with Crippen LogP contribution in [-0.4, -0.2) is 17.8 Å². The van der Waals surface area contributed by atoms with Crippen molar-refractivity contribution < 1.29 is 9.72 Å². The monoisotopic (exact) mass is 131 g/mol. The summed E-state index contributed by atoms with van der Waals surface area (Å²) in [6, 6.07) is 0. The Labute approximate surface area is 53.0 Å². The average Bonchev–Trinajstić information content (AvgIpc) is 1.63. The lowest BCUT2D eigenvalue weighted by Crippen LogP contribution is -2.10. The van der Waals surface area contributed by atoms with E-state index in [4.69, 9.17) is 0 Å². The smallest absolute Gasteiger partial charge is 0.206 e. The van der Waals surface area contributed by atoms with Crippen molar-refractivity contribution in [2.24, 2.45) is 5.92 Å². The molecule has 0 aromatic rings. The fraction of sp³-hybridized carbons (Fsp3) is 0.800. The van der Waals surface area contributed by atoms with Gasteiger partial charge in [-0.25, -0.2) is 0 Å². The third kappa shape index (κ3) is 4.93. The Morgan fingerprint density at radius 3 is 2.67 bits per heavy atom. The van der Waals surface area contributed by atoms with Crippen molar-refractivity contribution in [2.75, 3.05) is 6.54 Å². The first kappa shape index (κ1) is 8.07. The second kappa shape index (κ2) is 4.00. The molecular formula is C5H9NO3. The van der Waals surface area contributed by atoms with Crippen LogP contribution < -0.4 is 0 Å². The van der Waals surface area contributed by atoms with E-state index < -0.39 is 4.92 Å². The van der Waals surface area contributed by atoms with E-state index in [0.29, 0.717) is 6.29 Å². The molecule has 52 valence electrons. The van der Waals surface area contributed by atoms with E-state index in [0.717, 1.165) is 0 Å². The normalized spacial score (nSPS) is 12.6. The number of aldehydes is 1. The Hall–Kier alpha value is -0.930. The molecule has 0 spiro atoms. The molecule has 0 radical (unpaired) electrons. The number of carbonyl (C=O) groups is 1. The van der Waals surface area contributed by atoms with Crippen molar-refractivity contribution in [1.29, 1.82) is 0 Å². The zero-order valence-corrected chi connectivity index (χ0v) is 5.24. The van der Waals surface area contributed by atoms with Gasteiger partial charge >= 0.3 is 0 Å². The summed E-state index contributed by atoms with van der Waals surface area (Å²) in [5.74, 6) is -0.127. The minimum Gasteiger partial charge on any atom is -0.303 e. The molecule has 0 aliphatic carbocycles. The maximum atomic E-state index is 9.77. The summed E-state index contributed by atoms with van der Waals surface area (Å²) >= 11 is 0. The van der Waals surface area contributed by atoms with Gasteiger partial charge in [0.15, 0.2) is 0 Å². The predicted octanol–water partition coefficient (Wildman–Crippen LogP) is 0.488. The molecule has 0 rings (SSSR count). The highest BCUT2D eigenvalue weighted by molar-refractivity contribution is 5.49. The molecule has 0 N–H and O–H groups in total. The second-order valence-corrected chi connectivity index (χ2v) is 2.02. The van der Waals surface area contributed by atoms with E-state index in [2.05, 4.69) is 0 Å². The lowest BCUT2D eigenvalue weighted by atomic mass is 10.1. The molecule has 0 aromatic heterocycles. The van der Waals surface area contributed by atoms with Gasteiger partial charge in [-0.1, -0.05) is 6.92 Å². The molecule has 0 unspecified atom stereocenters. The van der Waals surface area contributed by atoms with E-state index in [-0.39, 0.29) is 18.9 Å². The first-order valence-electron chi connectivity index (χ1n) is 2.72. The third-order valence-corrected chi connectivity index (χ3v) is 0.959. The number of nitro groups is 1. The molecule has 9 heavy (non-hydrogen) atoms. The van der Waals surface area contributed by atoms with Crippen molar-refractivity contribution in [3.63, 3.8) is 0 Å². The van der Waals surface area contributed by atoms with Gasteiger partial charge < -0.3 is 4.79 Å². The van der Waals surface area contributed by atoms with Gasteiger partial charge in [0.1, 0.15) is 6.29 Å². The maximum Gasteiger partial charge on any atom is 0.206 e. The third-order valence-electron chi connectivity index (χ3n) is 0.959. The molecule has 0 aliphatic rings. The van der Waals surface area contributed by atoms with Crippen molar-refractivity contribution >= 4 is 6.29 Å². The summed E-state index contributed by atoms with van der Waals surface area (Å²) < 4.78 is 0. The molecule has 0 aromatic carbocycles. The zero-order valence-electron chi connectivity index (χ0n) is 5.24. The SMILES string of the molecule is C[C@@H](CC=O)C[N+](=O)[O-]. The van der Waals surface area contributed by atoms with Crippen molar-refractivity contribution in [1.82, 2.24) is 0 Å². The fourth-order valence-electron chi connectivity index (χ4n) is 0.493. The van der Waals surface area contributed by atoms with Gasteiger partial charge in [0, 0.05) is 17.3 Å². The van der Waals surface area contributed by atoms with Crippen molar-refractivity contribution in [3.05, 3.63) is 10.1 Å². The van der Waals surface area contributed by atoms with Crippen LogP contribution in [0.2, 0.25) is 0 Å². The highest BCUT2D eigenvalue weighted by Crippen LogP contribution is 1.97. The topological polar surface area (TPSA) is 60.2 Å². The number of carbonyl (C=O) groups excluding carboxylic acids is 1. The van der Waals surface area contributed by atoms with Gasteiger partial charge in [-0.15, -0.1) is 0 Å². The Bertz CT molecular complexity index is 113. The summed E-state index contributed by atoms with van der Waals surface area (Å²) in [5.41, 5.74) is 0. The van der Waals surface area contributed by atoms with Crippen LogP contribution in [0.1, 0.15) is 13.3 Å². The van der Waals surface area contributed by atoms with Crippen molar-refractivity contribution in [3.8, 4) is 0 Å². The molecule has 4 nitrogen and oxygen atoms in total. The van der Waals surface area contributed by atoms with Crippen LogP contribution in [0.15, 0.2) is 0 Å². The van der Waals surface area contributed by atoms with E-state index >= 15 is 0 Å². The summed E-state index contributed by atoms with van der Waals surface area (Å²) in [5, 5.41) is 9.77. The maximum absolute atomic E-state index is 9.77. The molecule has 0 bridgehead atoms. The molecule has 0 aliphatic heterocycles. The standard InChI is InChI=1S/C5H9NO3/c1-5(2-3-7)4-6(8)9/h3,5H,2,4H2,1H3/t5-/m0/s1. The number of rotatable bonds is 4. The summed E-state index contributed by atoms with van der Waals surface area (Å²) in [7, 11) is 0. The van der Waals surface area contributed by atoms with E-state index in [1.807, 2.05) is 0 Å². The first-order valence-corrected chi connectivity index (χ1v) is 2.72. The summed E-state index contributed by atoms with van der Waals surface area (Å²) in [6.45, 7) is 1.57. The summed E-state index contributed by atoms with van der Waals surface area (Å²) in [4.78, 5) is 19.1. The average molecular weight is 131 g/mol.